The van der Waals surface area contributed by atoms with Gasteiger partial charge in [-0.25, -0.2) is 22.8 Å². The maximum atomic E-state index is 8.38. The zero-order chi connectivity index (χ0) is 83.1. The van der Waals surface area contributed by atoms with Crippen LogP contribution >= 0.6 is 0 Å². The van der Waals surface area contributed by atoms with Gasteiger partial charge < -0.3 is 0 Å². The topological polar surface area (TPSA) is 19.4 Å². The Bertz CT molecular complexity index is 6070. The van der Waals surface area contributed by atoms with Crippen LogP contribution in [-0.2, 0) is 35.2 Å². The molecule has 10 aromatic carbocycles. The first-order chi connectivity index (χ1) is 53.6. The molecule has 5 nitrogen and oxygen atoms in total. The first-order valence-electron chi connectivity index (χ1n) is 41.1. The zero-order valence-corrected chi connectivity index (χ0v) is 69.7. The van der Waals surface area contributed by atoms with Gasteiger partial charge >= 0.3 is 0 Å². The number of nitrogens with zero attached hydrogens (tertiary/aromatic N) is 5. The number of hydrogen-bond acceptors (Lipinski definition) is 0. The molecule has 0 radical (unpaired) electrons. The van der Waals surface area contributed by atoms with Gasteiger partial charge in [0.2, 0.25) is 28.5 Å². The molecule has 5 aromatic heterocycles. The van der Waals surface area contributed by atoms with Crippen molar-refractivity contribution in [1.82, 2.24) is 0 Å². The normalized spacial score (nSPS) is 12.7. The van der Waals surface area contributed by atoms with Crippen molar-refractivity contribution in [3.63, 3.8) is 0 Å². The molecule has 0 spiro atoms. The van der Waals surface area contributed by atoms with Crippen LogP contribution in [0.5, 0.6) is 0 Å². The van der Waals surface area contributed by atoms with E-state index in [1.807, 2.05) is 45.3 Å². The van der Waals surface area contributed by atoms with E-state index in [0.29, 0.717) is 11.5 Å². The highest BCUT2D eigenvalue weighted by atomic mass is 14.9. The van der Waals surface area contributed by atoms with Gasteiger partial charge in [-0.15, -0.1) is 0 Å². The molecule has 1 unspecified atom stereocenters. The SMILES string of the molecule is Cc1cc(C)c(C)c(-c2c3ccc(C(C)C)cc3cc[n+]2C)c1.Cc1cc(C)c(C)c(-c2c3ccccc3cc[n+]2C)c1.Cc1cc(C)c(C)c(-c2c3ccccc3cc[n+]2C)c1.[2H]C(C)(C)c1ccc2c(-c3cc(C)cc(C)c3C)[n+](C)ccc2c1.[2H]C([2H])([2H])C([2H])(C)c1ccc2c(-c3cc(C)cc(C)c3C)[n+](C)ccc2c1. The minimum absolute atomic E-state index is 0.506. The average molecular weight is 1440 g/mol. The third-order valence-electron chi connectivity index (χ3n) is 22.5. The van der Waals surface area contributed by atoms with Crippen LogP contribution in [0, 0.1) is 104 Å². The molecule has 0 amide bonds. The third kappa shape index (κ3) is 17.1. The highest BCUT2D eigenvalue weighted by Crippen LogP contribution is 2.38. The molecule has 15 aromatic rings. The summed E-state index contributed by atoms with van der Waals surface area (Å²) in [6.45, 7) is 40.1. The Kier molecular flexibility index (Phi) is 22.2. The molecule has 109 heavy (non-hydrogen) atoms. The summed E-state index contributed by atoms with van der Waals surface area (Å²) in [7, 11) is 10.5. The minimum Gasteiger partial charge on any atom is -0.200 e. The Morgan fingerprint density at radius 3 is 0.734 bits per heavy atom. The van der Waals surface area contributed by atoms with Crippen molar-refractivity contribution in [2.75, 3.05) is 0 Å². The number of benzene rings is 10. The lowest BCUT2D eigenvalue weighted by molar-refractivity contribution is -0.659. The number of aromatic nitrogens is 5. The van der Waals surface area contributed by atoms with E-state index < -0.39 is 18.6 Å². The molecular formula is C104H118N5+5. The summed E-state index contributed by atoms with van der Waals surface area (Å²) < 4.78 is 50.8. The minimum atomic E-state index is -2.38. The van der Waals surface area contributed by atoms with E-state index in [1.165, 1.54) is 190 Å². The average Bonchev–Trinajstić information content (AvgIpc) is 0.755. The first-order valence-corrected chi connectivity index (χ1v) is 38.6. The van der Waals surface area contributed by atoms with Crippen LogP contribution in [0.2, 0.25) is 0 Å². The molecule has 0 aliphatic heterocycles. The summed E-state index contributed by atoms with van der Waals surface area (Å²) in [4.78, 5) is 0. The second-order valence-corrected chi connectivity index (χ2v) is 31.6. The Labute approximate surface area is 659 Å². The predicted molar refractivity (Wildman–Crippen MR) is 466 cm³/mol. The lowest BCUT2D eigenvalue weighted by atomic mass is 9.93. The van der Waals surface area contributed by atoms with Crippen LogP contribution in [0.4, 0.5) is 0 Å². The fourth-order valence-electron chi connectivity index (χ4n) is 15.8. The van der Waals surface area contributed by atoms with Gasteiger partial charge in [-0.2, -0.15) is 0 Å². The fraction of sp³-hybridized carbons (Fsp3) is 0.279. The molecule has 1 atom stereocenters. The van der Waals surface area contributed by atoms with Gasteiger partial charge in [0.1, 0.15) is 35.2 Å². The quantitative estimate of drug-likeness (QED) is 0.135. The van der Waals surface area contributed by atoms with Gasteiger partial charge in [0.25, 0.3) is 0 Å². The largest absolute Gasteiger partial charge is 0.220 e. The van der Waals surface area contributed by atoms with Crippen LogP contribution in [0.15, 0.2) is 225 Å². The van der Waals surface area contributed by atoms with Crippen molar-refractivity contribution in [2.24, 2.45) is 35.2 Å². The summed E-state index contributed by atoms with van der Waals surface area (Å²) in [5.74, 6) is -1.67. The first kappa shape index (κ1) is 72.4. The van der Waals surface area contributed by atoms with Crippen molar-refractivity contribution in [3.8, 4) is 56.3 Å². The molecule has 15 rings (SSSR count). The van der Waals surface area contributed by atoms with Gasteiger partial charge in [0.05, 0.1) is 54.7 Å². The van der Waals surface area contributed by atoms with Crippen LogP contribution in [0.1, 0.15) is 166 Å². The fourth-order valence-corrected chi connectivity index (χ4v) is 15.8. The molecular weight excluding hydrogens is 1320 g/mol. The van der Waals surface area contributed by atoms with E-state index >= 15 is 0 Å². The number of fused-ring (bicyclic) bond motifs is 5. The predicted octanol–water partition coefficient (Wildman–Crippen LogP) is 24.7. The highest BCUT2D eigenvalue weighted by Gasteiger charge is 2.25. The lowest BCUT2D eigenvalue weighted by Gasteiger charge is -2.12. The van der Waals surface area contributed by atoms with E-state index in [-0.39, 0.29) is 0 Å². The van der Waals surface area contributed by atoms with Crippen LogP contribution in [0.25, 0.3) is 110 Å². The molecule has 554 valence electrons. The Balaban J connectivity index is 0.000000141. The number of hydrogen-bond donors (Lipinski definition) is 0. The molecule has 0 bridgehead atoms. The zero-order valence-electron chi connectivity index (χ0n) is 74.7. The van der Waals surface area contributed by atoms with Crippen molar-refractivity contribution in [1.29, 1.82) is 0 Å². The lowest BCUT2D eigenvalue weighted by Crippen LogP contribution is -2.30. The second-order valence-electron chi connectivity index (χ2n) is 31.6. The van der Waals surface area contributed by atoms with E-state index in [4.69, 9.17) is 6.85 Å². The number of aryl methyl sites for hydroxylation is 15. The summed E-state index contributed by atoms with van der Waals surface area (Å²) in [6, 6.07) is 69.4. The molecule has 0 saturated carbocycles. The maximum Gasteiger partial charge on any atom is 0.220 e. The van der Waals surface area contributed by atoms with Gasteiger partial charge in [0, 0.05) is 37.2 Å². The second kappa shape index (κ2) is 33.4. The van der Waals surface area contributed by atoms with Crippen LogP contribution in [0.3, 0.4) is 0 Å². The molecule has 0 aliphatic carbocycles. The van der Waals surface area contributed by atoms with Gasteiger partial charge in [-0.1, -0.05) is 172 Å². The summed E-state index contributed by atoms with van der Waals surface area (Å²) in [6.07, 6.45) is 10.6. The molecule has 0 N–H and O–H groups in total. The summed E-state index contributed by atoms with van der Waals surface area (Å²) in [5, 5.41) is 12.3. The Morgan fingerprint density at radius 2 is 0.477 bits per heavy atom. The number of pyridine rings is 5. The molecule has 0 aliphatic rings. The van der Waals surface area contributed by atoms with Gasteiger partial charge in [-0.3, -0.25) is 0 Å². The van der Waals surface area contributed by atoms with Crippen molar-refractivity contribution >= 4 is 53.9 Å². The summed E-state index contributed by atoms with van der Waals surface area (Å²) >= 11 is 0. The van der Waals surface area contributed by atoms with Crippen molar-refractivity contribution < 1.29 is 29.7 Å². The highest BCUT2D eigenvalue weighted by molar-refractivity contribution is 5.98. The standard InChI is InChI=1S/3C22H26N.2C19H20N/c3*1-14(2)18-7-8-20-19(13-18)9-10-23(6)22(20)21-12-15(3)11-16(4)17(21)5;2*1-13-11-14(2)15(3)18(12-13)19-17-8-6-5-7-16(17)9-10-20(19)4/h3*7-14H,1-6H3;2*5-12H,1-4H3/q5*+1/i1D3,14D;14D;;;. The molecule has 0 fully saturated rings. The Morgan fingerprint density at radius 1 is 0.248 bits per heavy atom. The van der Waals surface area contributed by atoms with Crippen molar-refractivity contribution in [3.05, 3.63) is 325 Å². The van der Waals surface area contributed by atoms with E-state index in [0.717, 1.165) is 22.0 Å². The number of rotatable bonds is 8. The smallest absolute Gasteiger partial charge is 0.200 e. The molecule has 0 saturated heterocycles. The molecule has 5 heteroatoms. The van der Waals surface area contributed by atoms with Crippen molar-refractivity contribution in [2.45, 2.75) is 163 Å². The van der Waals surface area contributed by atoms with Gasteiger partial charge in [0.15, 0.2) is 31.0 Å². The Hall–Kier alpha value is -10.8. The van der Waals surface area contributed by atoms with Crippen LogP contribution < -0.4 is 22.8 Å². The maximum absolute atomic E-state index is 8.38. The van der Waals surface area contributed by atoms with E-state index in [2.05, 4.69) is 363 Å². The monoisotopic (exact) mass is 1440 g/mol. The van der Waals surface area contributed by atoms with E-state index in [1.54, 1.807) is 6.07 Å². The van der Waals surface area contributed by atoms with Gasteiger partial charge in [-0.05, 0) is 281 Å². The third-order valence-corrected chi connectivity index (χ3v) is 22.5. The van der Waals surface area contributed by atoms with E-state index in [9.17, 15) is 0 Å². The molecule has 5 heterocycles. The summed E-state index contributed by atoms with van der Waals surface area (Å²) in [5.41, 5.74) is 35.4. The van der Waals surface area contributed by atoms with Crippen LogP contribution in [-0.4, -0.2) is 0 Å².